The summed E-state index contributed by atoms with van der Waals surface area (Å²) in [5, 5.41) is 8.66. The number of carbonyl (C=O) groups is 1. The van der Waals surface area contributed by atoms with Crippen molar-refractivity contribution in [2.75, 3.05) is 0 Å². The summed E-state index contributed by atoms with van der Waals surface area (Å²) in [6.45, 7) is -0.293. The van der Waals surface area contributed by atoms with E-state index in [2.05, 4.69) is 4.98 Å². The smallest absolute Gasteiger partial charge is 0.365 e. The quantitative estimate of drug-likeness (QED) is 0.763. The van der Waals surface area contributed by atoms with Gasteiger partial charge in [-0.3, -0.25) is 13.9 Å². The lowest BCUT2D eigenvalue weighted by molar-refractivity contribution is 0.0696. The normalized spacial score (nSPS) is 11.1. The number of nitrogens with zero attached hydrogens (tertiary/aromatic N) is 3. The molecule has 24 heavy (non-hydrogen) atoms. The van der Waals surface area contributed by atoms with Gasteiger partial charge in [-0.05, 0) is 17.7 Å². The molecule has 2 heterocycles. The summed E-state index contributed by atoms with van der Waals surface area (Å²) in [5.41, 5.74) is -1.46. The molecule has 0 aliphatic carbocycles. The van der Waals surface area contributed by atoms with E-state index in [1.807, 2.05) is 0 Å². The summed E-state index contributed by atoms with van der Waals surface area (Å²) < 4.78 is 28.1. The zero-order valence-corrected chi connectivity index (χ0v) is 12.9. The Morgan fingerprint density at radius 3 is 2.62 bits per heavy atom. The second kappa shape index (κ2) is 5.64. The van der Waals surface area contributed by atoms with E-state index in [4.69, 9.17) is 5.11 Å². The van der Waals surface area contributed by atoms with Crippen LogP contribution in [0.25, 0.3) is 10.3 Å². The minimum atomic E-state index is -1.31. The largest absolute Gasteiger partial charge is 0.476 e. The summed E-state index contributed by atoms with van der Waals surface area (Å²) in [7, 11) is 1.37. The second-order valence-corrected chi connectivity index (χ2v) is 5.94. The van der Waals surface area contributed by atoms with Crippen LogP contribution < -0.4 is 11.2 Å². The molecule has 1 N–H and O–H groups in total. The van der Waals surface area contributed by atoms with Crippen molar-refractivity contribution in [3.8, 4) is 0 Å². The molecule has 0 aliphatic rings. The van der Waals surface area contributed by atoms with Gasteiger partial charge in [-0.15, -0.1) is 0 Å². The van der Waals surface area contributed by atoms with Gasteiger partial charge in [0, 0.05) is 7.05 Å². The summed E-state index contributed by atoms with van der Waals surface area (Å²) in [4.78, 5) is 39.6. The number of thiazole rings is 1. The van der Waals surface area contributed by atoms with Gasteiger partial charge >= 0.3 is 11.7 Å². The van der Waals surface area contributed by atoms with Gasteiger partial charge in [0.1, 0.15) is 4.83 Å². The van der Waals surface area contributed by atoms with E-state index in [9.17, 15) is 23.2 Å². The highest BCUT2D eigenvalue weighted by Crippen LogP contribution is 2.17. The zero-order valence-electron chi connectivity index (χ0n) is 12.1. The number of carboxylic acid groups (broad SMARTS) is 1. The molecule has 3 rings (SSSR count). The highest BCUT2D eigenvalue weighted by molar-refractivity contribution is 7.19. The number of aryl methyl sites for hydroxylation is 1. The van der Waals surface area contributed by atoms with Crippen molar-refractivity contribution in [3.63, 3.8) is 0 Å². The minimum Gasteiger partial charge on any atom is -0.476 e. The maximum Gasteiger partial charge on any atom is 0.365 e. The Morgan fingerprint density at radius 2 is 2.00 bits per heavy atom. The Morgan fingerprint density at radius 1 is 1.29 bits per heavy atom. The number of fused-ring (bicyclic) bond motifs is 1. The van der Waals surface area contributed by atoms with Crippen molar-refractivity contribution in [1.82, 2.24) is 14.1 Å². The fourth-order valence-corrected chi connectivity index (χ4v) is 3.06. The Balaban J connectivity index is 2.21. The lowest BCUT2D eigenvalue weighted by Crippen LogP contribution is -2.39. The fourth-order valence-electron chi connectivity index (χ4n) is 2.21. The first-order valence-corrected chi connectivity index (χ1v) is 7.39. The molecule has 10 heteroatoms. The summed E-state index contributed by atoms with van der Waals surface area (Å²) >= 11 is 0.709. The summed E-state index contributed by atoms with van der Waals surface area (Å²) in [6.07, 6.45) is 0. The van der Waals surface area contributed by atoms with Crippen LogP contribution in [0.15, 0.2) is 27.8 Å². The van der Waals surface area contributed by atoms with Crippen molar-refractivity contribution in [3.05, 3.63) is 61.2 Å². The molecule has 1 aromatic carbocycles. The molecular weight excluding hydrogens is 344 g/mol. The number of rotatable bonds is 3. The molecule has 0 radical (unpaired) electrons. The molecule has 0 aliphatic heterocycles. The first-order valence-electron chi connectivity index (χ1n) is 6.57. The van der Waals surface area contributed by atoms with Gasteiger partial charge < -0.3 is 5.11 Å². The Bertz CT molecular complexity index is 1100. The molecule has 0 saturated carbocycles. The molecule has 124 valence electrons. The van der Waals surface area contributed by atoms with Crippen molar-refractivity contribution in [2.24, 2.45) is 7.05 Å². The third-order valence-corrected chi connectivity index (χ3v) is 4.51. The van der Waals surface area contributed by atoms with Crippen LogP contribution in [0.1, 0.15) is 15.4 Å². The molecule has 2 aromatic heterocycles. The number of aromatic nitrogens is 3. The maximum atomic E-state index is 13.3. The number of hydrogen-bond acceptors (Lipinski definition) is 5. The first kappa shape index (κ1) is 16.0. The van der Waals surface area contributed by atoms with Crippen LogP contribution in [0.2, 0.25) is 0 Å². The number of carboxylic acids is 1. The van der Waals surface area contributed by atoms with Gasteiger partial charge in [-0.1, -0.05) is 17.4 Å². The SMILES string of the molecule is Cn1c(=O)n(Cc2ccc(F)c(F)c2)c(=O)c2nc(C(=O)O)sc21. The number of hydrogen-bond donors (Lipinski definition) is 1. The van der Waals surface area contributed by atoms with Crippen LogP contribution in [0, 0.1) is 11.6 Å². The zero-order chi connectivity index (χ0) is 17.6. The molecular formula is C14H9F2N3O4S. The van der Waals surface area contributed by atoms with Crippen LogP contribution in [0.4, 0.5) is 8.78 Å². The van der Waals surface area contributed by atoms with Crippen LogP contribution in [0.3, 0.4) is 0 Å². The van der Waals surface area contributed by atoms with E-state index in [1.165, 1.54) is 13.1 Å². The fraction of sp³-hybridized carbons (Fsp3) is 0.143. The minimum absolute atomic E-state index is 0.129. The van der Waals surface area contributed by atoms with Gasteiger partial charge in [0.25, 0.3) is 5.56 Å². The molecule has 0 bridgehead atoms. The van der Waals surface area contributed by atoms with Crippen LogP contribution in [-0.4, -0.2) is 25.2 Å². The molecule has 0 spiro atoms. The third-order valence-electron chi connectivity index (χ3n) is 3.39. The molecule has 0 unspecified atom stereocenters. The lowest BCUT2D eigenvalue weighted by atomic mass is 10.2. The van der Waals surface area contributed by atoms with Crippen molar-refractivity contribution >= 4 is 27.7 Å². The average Bonchev–Trinajstić information content (AvgIpc) is 2.99. The summed E-state index contributed by atoms with van der Waals surface area (Å²) in [5.74, 6) is -3.45. The van der Waals surface area contributed by atoms with E-state index in [1.54, 1.807) is 0 Å². The number of aromatic carboxylic acids is 1. The van der Waals surface area contributed by atoms with Crippen LogP contribution in [0.5, 0.6) is 0 Å². The molecule has 0 atom stereocenters. The van der Waals surface area contributed by atoms with Crippen molar-refractivity contribution in [1.29, 1.82) is 0 Å². The van der Waals surface area contributed by atoms with E-state index < -0.39 is 28.9 Å². The van der Waals surface area contributed by atoms with Gasteiger partial charge in [-0.2, -0.15) is 0 Å². The Kier molecular flexibility index (Phi) is 3.76. The predicted molar refractivity (Wildman–Crippen MR) is 81.5 cm³/mol. The average molecular weight is 353 g/mol. The van der Waals surface area contributed by atoms with Crippen LogP contribution >= 0.6 is 11.3 Å². The Hall–Kier alpha value is -2.88. The molecule has 0 amide bonds. The molecule has 7 nitrogen and oxygen atoms in total. The Labute approximate surface area is 136 Å². The van der Waals surface area contributed by atoms with E-state index in [0.29, 0.717) is 11.3 Å². The maximum absolute atomic E-state index is 13.3. The molecule has 0 saturated heterocycles. The van der Waals surface area contributed by atoms with E-state index in [-0.39, 0.29) is 27.5 Å². The molecule has 0 fully saturated rings. The van der Waals surface area contributed by atoms with E-state index >= 15 is 0 Å². The highest BCUT2D eigenvalue weighted by atomic mass is 32.1. The van der Waals surface area contributed by atoms with Gasteiger partial charge in [0.2, 0.25) is 5.01 Å². The van der Waals surface area contributed by atoms with Gasteiger partial charge in [0.15, 0.2) is 17.2 Å². The van der Waals surface area contributed by atoms with Crippen LogP contribution in [-0.2, 0) is 13.6 Å². The second-order valence-electron chi connectivity index (χ2n) is 4.96. The van der Waals surface area contributed by atoms with Gasteiger partial charge in [0.05, 0.1) is 6.54 Å². The number of benzene rings is 1. The van der Waals surface area contributed by atoms with Crippen molar-refractivity contribution < 1.29 is 18.7 Å². The topological polar surface area (TPSA) is 94.2 Å². The predicted octanol–water partition coefficient (Wildman–Crippen LogP) is 1.18. The number of halogens is 2. The first-order chi connectivity index (χ1) is 11.3. The molecule has 3 aromatic rings. The monoisotopic (exact) mass is 353 g/mol. The van der Waals surface area contributed by atoms with Gasteiger partial charge in [-0.25, -0.2) is 23.4 Å². The third kappa shape index (κ3) is 2.50. The lowest BCUT2D eigenvalue weighted by Gasteiger charge is -2.08. The highest BCUT2D eigenvalue weighted by Gasteiger charge is 2.19. The summed E-state index contributed by atoms with van der Waals surface area (Å²) in [6, 6.07) is 3.03. The standard InChI is InChI=1S/C14H9F2N3O4S/c1-18-12-9(17-10(24-12)13(21)22)11(20)19(14(18)23)5-6-2-3-7(15)8(16)4-6/h2-4H,5H2,1H3,(H,21,22). The van der Waals surface area contributed by atoms with E-state index in [0.717, 1.165) is 21.3 Å². The van der Waals surface area contributed by atoms with Crippen molar-refractivity contribution in [2.45, 2.75) is 6.54 Å².